The van der Waals surface area contributed by atoms with Crippen LogP contribution in [0.5, 0.6) is 17.2 Å². The van der Waals surface area contributed by atoms with Gasteiger partial charge < -0.3 is 18.6 Å². The molecule has 1 heterocycles. The van der Waals surface area contributed by atoms with E-state index in [1.807, 2.05) is 6.07 Å². The minimum absolute atomic E-state index is 0.291. The van der Waals surface area contributed by atoms with Crippen molar-refractivity contribution in [1.82, 2.24) is 10.2 Å². The van der Waals surface area contributed by atoms with Crippen LogP contribution < -0.4 is 14.2 Å². The second-order valence-electron chi connectivity index (χ2n) is 5.09. The fraction of sp³-hybridized carbons (Fsp3) is 0.222. The normalized spacial score (nSPS) is 10.6. The first-order valence-corrected chi connectivity index (χ1v) is 8.75. The van der Waals surface area contributed by atoms with Crippen molar-refractivity contribution in [3.63, 3.8) is 0 Å². The monoisotopic (exact) mass is 376 g/mol. The van der Waals surface area contributed by atoms with Gasteiger partial charge in [0.25, 0.3) is 5.22 Å². The van der Waals surface area contributed by atoms with Crippen LogP contribution in [0.1, 0.15) is 0 Å². The molecular formula is C18H17FN2O4S. The summed E-state index contributed by atoms with van der Waals surface area (Å²) in [6, 6.07) is 11.3. The molecule has 0 spiro atoms. The molecule has 136 valence electrons. The van der Waals surface area contributed by atoms with Crippen molar-refractivity contribution < 1.29 is 23.0 Å². The Hall–Kier alpha value is -2.74. The number of benzene rings is 2. The summed E-state index contributed by atoms with van der Waals surface area (Å²) in [4.78, 5) is 0. The highest BCUT2D eigenvalue weighted by atomic mass is 32.2. The maximum atomic E-state index is 12.8. The van der Waals surface area contributed by atoms with Crippen LogP contribution in [0.3, 0.4) is 0 Å². The highest BCUT2D eigenvalue weighted by Gasteiger charge is 2.12. The lowest BCUT2D eigenvalue weighted by Gasteiger charge is -2.07. The molecule has 0 aliphatic carbocycles. The van der Waals surface area contributed by atoms with Crippen LogP contribution in [0.15, 0.2) is 52.1 Å². The Morgan fingerprint density at radius 2 is 1.77 bits per heavy atom. The molecule has 0 unspecified atom stereocenters. The van der Waals surface area contributed by atoms with Gasteiger partial charge in [-0.2, -0.15) is 0 Å². The lowest BCUT2D eigenvalue weighted by molar-refractivity contribution is 0.342. The van der Waals surface area contributed by atoms with Gasteiger partial charge >= 0.3 is 0 Å². The number of hydrogen-bond acceptors (Lipinski definition) is 7. The fourth-order valence-electron chi connectivity index (χ4n) is 2.17. The van der Waals surface area contributed by atoms with Crippen LogP contribution in [-0.4, -0.2) is 36.8 Å². The Morgan fingerprint density at radius 1 is 1.00 bits per heavy atom. The number of rotatable bonds is 8. The van der Waals surface area contributed by atoms with Crippen molar-refractivity contribution in [2.24, 2.45) is 0 Å². The zero-order chi connectivity index (χ0) is 18.4. The standard InChI is InChI=1S/C18H17FN2O4S/c1-22-15-8-3-12(11-16(15)23-2)17-20-21-18(25-17)26-10-9-24-14-6-4-13(19)5-7-14/h3-8,11H,9-10H2,1-2H3. The van der Waals surface area contributed by atoms with E-state index in [4.69, 9.17) is 18.6 Å². The molecule has 0 saturated heterocycles. The Bertz CT molecular complexity index is 855. The minimum atomic E-state index is -0.291. The molecule has 26 heavy (non-hydrogen) atoms. The van der Waals surface area contributed by atoms with E-state index in [0.29, 0.717) is 40.7 Å². The van der Waals surface area contributed by atoms with Gasteiger partial charge in [-0.1, -0.05) is 11.8 Å². The highest BCUT2D eigenvalue weighted by Crippen LogP contribution is 2.32. The molecule has 0 N–H and O–H groups in total. The van der Waals surface area contributed by atoms with Crippen molar-refractivity contribution in [2.45, 2.75) is 5.22 Å². The first kappa shape index (κ1) is 18.1. The summed E-state index contributed by atoms with van der Waals surface area (Å²) >= 11 is 1.38. The second kappa shape index (κ2) is 8.57. The quantitative estimate of drug-likeness (QED) is 0.434. The van der Waals surface area contributed by atoms with E-state index < -0.39 is 0 Å². The van der Waals surface area contributed by atoms with E-state index in [-0.39, 0.29) is 5.82 Å². The van der Waals surface area contributed by atoms with Gasteiger partial charge in [0.15, 0.2) is 11.5 Å². The molecule has 0 fully saturated rings. The minimum Gasteiger partial charge on any atom is -0.493 e. The molecular weight excluding hydrogens is 359 g/mol. The van der Waals surface area contributed by atoms with E-state index in [2.05, 4.69) is 10.2 Å². The number of thioether (sulfide) groups is 1. The second-order valence-corrected chi connectivity index (χ2v) is 6.14. The predicted molar refractivity (Wildman–Crippen MR) is 95.5 cm³/mol. The molecule has 3 aromatic rings. The molecule has 0 radical (unpaired) electrons. The highest BCUT2D eigenvalue weighted by molar-refractivity contribution is 7.99. The van der Waals surface area contributed by atoms with E-state index in [1.165, 1.54) is 23.9 Å². The number of ether oxygens (including phenoxy) is 3. The van der Waals surface area contributed by atoms with Gasteiger partial charge in [0.2, 0.25) is 5.89 Å². The van der Waals surface area contributed by atoms with Crippen molar-refractivity contribution in [3.05, 3.63) is 48.3 Å². The SMILES string of the molecule is COc1ccc(-c2nnc(SCCOc3ccc(F)cc3)o2)cc1OC. The van der Waals surface area contributed by atoms with Gasteiger partial charge in [-0.25, -0.2) is 4.39 Å². The van der Waals surface area contributed by atoms with Gasteiger partial charge in [0.1, 0.15) is 11.6 Å². The molecule has 1 aromatic heterocycles. The third kappa shape index (κ3) is 4.45. The summed E-state index contributed by atoms with van der Waals surface area (Å²) in [5.41, 5.74) is 0.740. The predicted octanol–water partition coefficient (Wildman–Crippen LogP) is 4.06. The van der Waals surface area contributed by atoms with Crippen LogP contribution in [0.2, 0.25) is 0 Å². The molecule has 0 aliphatic heterocycles. The smallest absolute Gasteiger partial charge is 0.276 e. The van der Waals surface area contributed by atoms with E-state index >= 15 is 0 Å². The van der Waals surface area contributed by atoms with Crippen molar-refractivity contribution >= 4 is 11.8 Å². The number of nitrogens with zero attached hydrogens (tertiary/aromatic N) is 2. The van der Waals surface area contributed by atoms with Crippen molar-refractivity contribution in [1.29, 1.82) is 0 Å². The van der Waals surface area contributed by atoms with E-state index in [0.717, 1.165) is 5.56 Å². The summed E-state index contributed by atoms with van der Waals surface area (Å²) in [5.74, 6) is 2.55. The average Bonchev–Trinajstić information content (AvgIpc) is 3.15. The van der Waals surface area contributed by atoms with Gasteiger partial charge in [0.05, 0.1) is 20.8 Å². The zero-order valence-electron chi connectivity index (χ0n) is 14.3. The van der Waals surface area contributed by atoms with Gasteiger partial charge in [-0.15, -0.1) is 10.2 Å². The third-order valence-corrected chi connectivity index (χ3v) is 4.21. The van der Waals surface area contributed by atoms with Crippen LogP contribution >= 0.6 is 11.8 Å². The molecule has 0 bridgehead atoms. The number of aromatic nitrogens is 2. The number of methoxy groups -OCH3 is 2. The summed E-state index contributed by atoms with van der Waals surface area (Å²) in [5, 5.41) is 8.51. The maximum Gasteiger partial charge on any atom is 0.276 e. The third-order valence-electron chi connectivity index (χ3n) is 3.43. The summed E-state index contributed by atoms with van der Waals surface area (Å²) in [6.07, 6.45) is 0. The molecule has 0 atom stereocenters. The molecule has 0 saturated carbocycles. The fourth-order valence-corrected chi connectivity index (χ4v) is 2.75. The van der Waals surface area contributed by atoms with Crippen LogP contribution in [0.25, 0.3) is 11.5 Å². The molecule has 6 nitrogen and oxygen atoms in total. The van der Waals surface area contributed by atoms with E-state index in [1.54, 1.807) is 38.5 Å². The summed E-state index contributed by atoms with van der Waals surface area (Å²) in [7, 11) is 3.14. The Labute approximate surface area is 154 Å². The van der Waals surface area contributed by atoms with Gasteiger partial charge in [0, 0.05) is 11.3 Å². The molecule has 3 rings (SSSR count). The zero-order valence-corrected chi connectivity index (χ0v) is 15.1. The first-order valence-electron chi connectivity index (χ1n) is 7.76. The van der Waals surface area contributed by atoms with Crippen molar-refractivity contribution in [2.75, 3.05) is 26.6 Å². The topological polar surface area (TPSA) is 66.6 Å². The van der Waals surface area contributed by atoms with Gasteiger partial charge in [-0.3, -0.25) is 0 Å². The molecule has 8 heteroatoms. The van der Waals surface area contributed by atoms with Crippen LogP contribution in [0.4, 0.5) is 4.39 Å². The van der Waals surface area contributed by atoms with Crippen molar-refractivity contribution in [3.8, 4) is 28.7 Å². The summed E-state index contributed by atoms with van der Waals surface area (Å²) in [6.45, 7) is 0.435. The molecule has 0 aliphatic rings. The van der Waals surface area contributed by atoms with Crippen LogP contribution in [0, 0.1) is 5.82 Å². The lowest BCUT2D eigenvalue weighted by Crippen LogP contribution is -1.99. The Morgan fingerprint density at radius 3 is 2.50 bits per heavy atom. The largest absolute Gasteiger partial charge is 0.493 e. The number of hydrogen-bond donors (Lipinski definition) is 0. The average molecular weight is 376 g/mol. The summed E-state index contributed by atoms with van der Waals surface area (Å²) < 4.78 is 34.5. The van der Waals surface area contributed by atoms with Crippen LogP contribution in [-0.2, 0) is 0 Å². The number of halogens is 1. The Balaban J connectivity index is 1.55. The van der Waals surface area contributed by atoms with E-state index in [9.17, 15) is 4.39 Å². The maximum absolute atomic E-state index is 12.8. The first-order chi connectivity index (χ1) is 12.7. The molecule has 0 amide bonds. The lowest BCUT2D eigenvalue weighted by atomic mass is 10.2. The van der Waals surface area contributed by atoms with Gasteiger partial charge in [-0.05, 0) is 42.5 Å². The molecule has 2 aromatic carbocycles. The Kier molecular flexibility index (Phi) is 5.96.